The topological polar surface area (TPSA) is 62.5 Å². The van der Waals surface area contributed by atoms with Crippen molar-refractivity contribution in [1.29, 1.82) is 0 Å². The highest BCUT2D eigenvalue weighted by atomic mass is 127. The summed E-state index contributed by atoms with van der Waals surface area (Å²) in [6.45, 7) is 3.85. The minimum absolute atomic E-state index is 0. The highest BCUT2D eigenvalue weighted by molar-refractivity contribution is 14.0. The Balaban J connectivity index is 0.00000400. The number of nitrogens with one attached hydrogen (secondary N) is 2. The molecule has 0 fully saturated rings. The van der Waals surface area contributed by atoms with Crippen LogP contribution in [0.25, 0.3) is 0 Å². The number of aliphatic imine (C=N–C) groups is 1. The average Bonchev–Trinajstić information content (AvgIpc) is 2.98. The fraction of sp³-hybridized carbons (Fsp3) is 0.733. The second-order valence-electron chi connectivity index (χ2n) is 4.96. The summed E-state index contributed by atoms with van der Waals surface area (Å²) in [6, 6.07) is 1.84. The van der Waals surface area contributed by atoms with E-state index in [4.69, 9.17) is 4.52 Å². The molecule has 0 radical (unpaired) electrons. The molecule has 1 rings (SSSR count). The van der Waals surface area contributed by atoms with E-state index in [0.29, 0.717) is 6.54 Å². The van der Waals surface area contributed by atoms with Gasteiger partial charge in [-0.05, 0) is 6.42 Å². The molecule has 0 bridgehead atoms. The lowest BCUT2D eigenvalue weighted by Gasteiger charge is -2.10. The van der Waals surface area contributed by atoms with Crippen LogP contribution >= 0.6 is 24.0 Å². The molecule has 0 unspecified atom stereocenters. The molecule has 1 aromatic heterocycles. The maximum atomic E-state index is 4.78. The number of unbranched alkanes of at least 4 members (excludes halogenated alkanes) is 6. The van der Waals surface area contributed by atoms with E-state index < -0.39 is 0 Å². The van der Waals surface area contributed by atoms with Crippen LogP contribution in [-0.4, -0.2) is 24.7 Å². The van der Waals surface area contributed by atoms with Crippen LogP contribution in [0.5, 0.6) is 0 Å². The van der Waals surface area contributed by atoms with Gasteiger partial charge in [0.2, 0.25) is 0 Å². The number of halogens is 1. The Bertz CT molecular complexity index is 355. The van der Waals surface area contributed by atoms with Crippen LogP contribution in [0.4, 0.5) is 0 Å². The van der Waals surface area contributed by atoms with Gasteiger partial charge >= 0.3 is 0 Å². The molecule has 0 saturated heterocycles. The third-order valence-corrected chi connectivity index (χ3v) is 3.22. The first-order valence-corrected chi connectivity index (χ1v) is 7.70. The van der Waals surface area contributed by atoms with Gasteiger partial charge in [0.05, 0.1) is 6.54 Å². The van der Waals surface area contributed by atoms with Crippen molar-refractivity contribution in [3.63, 3.8) is 0 Å². The highest BCUT2D eigenvalue weighted by Gasteiger charge is 1.99. The standard InChI is InChI=1S/C15H28N4O.HI/c1-3-4-5-6-7-8-9-11-17-15(16-2)18-13-14-10-12-20-19-14;/h10,12H,3-9,11,13H2,1-2H3,(H2,16,17,18);1H. The number of hydrogen-bond acceptors (Lipinski definition) is 3. The average molecular weight is 408 g/mol. The second kappa shape index (κ2) is 14.2. The van der Waals surface area contributed by atoms with Gasteiger partial charge in [-0.3, -0.25) is 4.99 Å². The van der Waals surface area contributed by atoms with Gasteiger partial charge in [-0.1, -0.05) is 50.6 Å². The second-order valence-corrected chi connectivity index (χ2v) is 4.96. The maximum absolute atomic E-state index is 4.78. The van der Waals surface area contributed by atoms with E-state index in [1.54, 1.807) is 13.3 Å². The summed E-state index contributed by atoms with van der Waals surface area (Å²) in [5.74, 6) is 0.819. The molecule has 1 aromatic rings. The Morgan fingerprint density at radius 1 is 1.14 bits per heavy atom. The van der Waals surface area contributed by atoms with Crippen LogP contribution in [0.15, 0.2) is 21.8 Å². The van der Waals surface area contributed by atoms with E-state index in [1.165, 1.54) is 44.9 Å². The Morgan fingerprint density at radius 2 is 1.86 bits per heavy atom. The Labute approximate surface area is 145 Å². The largest absolute Gasteiger partial charge is 0.364 e. The molecule has 0 aliphatic rings. The van der Waals surface area contributed by atoms with E-state index >= 15 is 0 Å². The molecule has 5 nitrogen and oxygen atoms in total. The van der Waals surface area contributed by atoms with Gasteiger partial charge in [0.25, 0.3) is 0 Å². The predicted molar refractivity (Wildman–Crippen MR) is 98.1 cm³/mol. The van der Waals surface area contributed by atoms with Crippen molar-refractivity contribution in [1.82, 2.24) is 15.8 Å². The Morgan fingerprint density at radius 3 is 2.48 bits per heavy atom. The molecule has 21 heavy (non-hydrogen) atoms. The molecule has 0 saturated carbocycles. The highest BCUT2D eigenvalue weighted by Crippen LogP contribution is 2.06. The summed E-state index contributed by atoms with van der Waals surface area (Å²) in [7, 11) is 1.78. The van der Waals surface area contributed by atoms with E-state index in [1.807, 2.05) is 6.07 Å². The van der Waals surface area contributed by atoms with Crippen molar-refractivity contribution >= 4 is 29.9 Å². The zero-order valence-electron chi connectivity index (χ0n) is 13.2. The molecule has 0 atom stereocenters. The number of aromatic nitrogens is 1. The van der Waals surface area contributed by atoms with Crippen molar-refractivity contribution in [2.24, 2.45) is 4.99 Å². The van der Waals surface area contributed by atoms with Gasteiger partial charge in [0.15, 0.2) is 5.96 Å². The first-order chi connectivity index (χ1) is 9.86. The van der Waals surface area contributed by atoms with Gasteiger partial charge < -0.3 is 15.2 Å². The van der Waals surface area contributed by atoms with Crippen molar-refractivity contribution in [3.8, 4) is 0 Å². The van der Waals surface area contributed by atoms with Crippen LogP contribution in [-0.2, 0) is 6.54 Å². The molecule has 0 aromatic carbocycles. The lowest BCUT2D eigenvalue weighted by Crippen LogP contribution is -2.37. The van der Waals surface area contributed by atoms with Crippen molar-refractivity contribution in [2.45, 2.75) is 58.4 Å². The molecular formula is C15H29IN4O. The zero-order chi connectivity index (χ0) is 14.5. The van der Waals surface area contributed by atoms with Gasteiger partial charge in [0.1, 0.15) is 12.0 Å². The smallest absolute Gasteiger partial charge is 0.191 e. The van der Waals surface area contributed by atoms with Gasteiger partial charge in [0, 0.05) is 19.7 Å². The van der Waals surface area contributed by atoms with Crippen LogP contribution in [0.2, 0.25) is 0 Å². The summed E-state index contributed by atoms with van der Waals surface area (Å²) >= 11 is 0. The molecule has 1 heterocycles. The monoisotopic (exact) mass is 408 g/mol. The Hall–Kier alpha value is -0.790. The lowest BCUT2D eigenvalue weighted by atomic mass is 10.1. The SMILES string of the molecule is CCCCCCCCCNC(=NC)NCc1ccon1.I. The fourth-order valence-corrected chi connectivity index (χ4v) is 2.01. The van der Waals surface area contributed by atoms with Crippen LogP contribution in [0.1, 0.15) is 57.6 Å². The first kappa shape index (κ1) is 20.2. The van der Waals surface area contributed by atoms with Gasteiger partial charge in [-0.15, -0.1) is 24.0 Å². The van der Waals surface area contributed by atoms with E-state index in [9.17, 15) is 0 Å². The third kappa shape index (κ3) is 10.6. The number of nitrogens with zero attached hydrogens (tertiary/aromatic N) is 2. The summed E-state index contributed by atoms with van der Waals surface area (Å²) in [6.07, 6.45) is 10.8. The quantitative estimate of drug-likeness (QED) is 0.268. The summed E-state index contributed by atoms with van der Waals surface area (Å²) < 4.78 is 4.78. The maximum Gasteiger partial charge on any atom is 0.191 e. The van der Waals surface area contributed by atoms with Crippen molar-refractivity contribution < 1.29 is 4.52 Å². The molecular weight excluding hydrogens is 379 g/mol. The minimum Gasteiger partial charge on any atom is -0.364 e. The van der Waals surface area contributed by atoms with E-state index in [2.05, 4.69) is 27.7 Å². The predicted octanol–water partition coefficient (Wildman–Crippen LogP) is 3.71. The molecule has 0 amide bonds. The molecule has 0 aliphatic heterocycles. The number of hydrogen-bond donors (Lipinski definition) is 2. The van der Waals surface area contributed by atoms with E-state index in [-0.39, 0.29) is 24.0 Å². The van der Waals surface area contributed by atoms with E-state index in [0.717, 1.165) is 18.2 Å². The van der Waals surface area contributed by atoms with Crippen LogP contribution in [0.3, 0.4) is 0 Å². The van der Waals surface area contributed by atoms with Crippen molar-refractivity contribution in [3.05, 3.63) is 18.0 Å². The zero-order valence-corrected chi connectivity index (χ0v) is 15.6. The van der Waals surface area contributed by atoms with Gasteiger partial charge in [-0.25, -0.2) is 0 Å². The number of guanidine groups is 1. The Kier molecular flexibility index (Phi) is 13.6. The first-order valence-electron chi connectivity index (χ1n) is 7.70. The third-order valence-electron chi connectivity index (χ3n) is 3.22. The number of rotatable bonds is 10. The molecule has 0 aliphatic carbocycles. The van der Waals surface area contributed by atoms with Crippen LogP contribution in [0, 0.1) is 0 Å². The summed E-state index contributed by atoms with van der Waals surface area (Å²) in [5.41, 5.74) is 0.879. The minimum atomic E-state index is 0. The summed E-state index contributed by atoms with van der Waals surface area (Å²) in [4.78, 5) is 4.18. The fourth-order valence-electron chi connectivity index (χ4n) is 2.01. The van der Waals surface area contributed by atoms with Crippen LogP contribution < -0.4 is 10.6 Å². The molecule has 2 N–H and O–H groups in total. The molecule has 0 spiro atoms. The van der Waals surface area contributed by atoms with Crippen molar-refractivity contribution in [2.75, 3.05) is 13.6 Å². The summed E-state index contributed by atoms with van der Waals surface area (Å²) in [5, 5.41) is 10.4. The molecule has 122 valence electrons. The van der Waals surface area contributed by atoms with Gasteiger partial charge in [-0.2, -0.15) is 0 Å². The molecule has 6 heteroatoms. The normalized spacial score (nSPS) is 11.0. The lowest BCUT2D eigenvalue weighted by molar-refractivity contribution is 0.410.